The number of hydrogen-bond acceptors (Lipinski definition) is 5. The minimum Gasteiger partial charge on any atom is -0.371 e. The number of hydrogen-bond donors (Lipinski definition) is 0. The zero-order chi connectivity index (χ0) is 16.4. The fourth-order valence-electron chi connectivity index (χ4n) is 3.11. The number of nitro benzene ring substituents is 1. The second-order valence-corrected chi connectivity index (χ2v) is 5.90. The largest absolute Gasteiger partial charge is 0.371 e. The van der Waals surface area contributed by atoms with E-state index in [9.17, 15) is 10.1 Å². The summed E-state index contributed by atoms with van der Waals surface area (Å²) in [6.45, 7) is 1.78. The van der Waals surface area contributed by atoms with Crippen molar-refractivity contribution in [3.05, 3.63) is 51.8 Å². The first-order chi connectivity index (χ1) is 11.1. The van der Waals surface area contributed by atoms with Crippen LogP contribution in [0.25, 0.3) is 0 Å². The SMILES string of the molecule is Cn1cc(C[C@H]2CCN(c3ccc([N+](=O)[O-])c(C#N)c3)C2)cn1. The van der Waals surface area contributed by atoms with Crippen molar-refractivity contribution >= 4 is 11.4 Å². The average Bonchev–Trinajstić information content (AvgIpc) is 3.16. The Kier molecular flexibility index (Phi) is 3.98. The average molecular weight is 311 g/mol. The highest BCUT2D eigenvalue weighted by molar-refractivity contribution is 5.60. The van der Waals surface area contributed by atoms with Crippen molar-refractivity contribution in [3.8, 4) is 6.07 Å². The molecule has 1 aliphatic heterocycles. The minimum absolute atomic E-state index is 0.114. The van der Waals surface area contributed by atoms with E-state index in [1.807, 2.05) is 25.5 Å². The van der Waals surface area contributed by atoms with Gasteiger partial charge in [-0.3, -0.25) is 14.8 Å². The lowest BCUT2D eigenvalue weighted by Gasteiger charge is -2.18. The van der Waals surface area contributed by atoms with Crippen molar-refractivity contribution < 1.29 is 4.92 Å². The van der Waals surface area contributed by atoms with Crippen LogP contribution in [0.5, 0.6) is 0 Å². The maximum Gasteiger partial charge on any atom is 0.287 e. The van der Waals surface area contributed by atoms with E-state index in [1.54, 1.807) is 16.8 Å². The number of nitriles is 1. The monoisotopic (exact) mass is 311 g/mol. The third-order valence-corrected chi connectivity index (χ3v) is 4.23. The molecule has 23 heavy (non-hydrogen) atoms. The van der Waals surface area contributed by atoms with Gasteiger partial charge in [-0.05, 0) is 36.5 Å². The van der Waals surface area contributed by atoms with Crippen LogP contribution in [0.3, 0.4) is 0 Å². The molecule has 0 unspecified atom stereocenters. The van der Waals surface area contributed by atoms with E-state index in [-0.39, 0.29) is 11.3 Å². The summed E-state index contributed by atoms with van der Waals surface area (Å²) >= 11 is 0. The van der Waals surface area contributed by atoms with Crippen molar-refractivity contribution in [1.29, 1.82) is 5.26 Å². The normalized spacial score (nSPS) is 17.2. The highest BCUT2D eigenvalue weighted by Gasteiger charge is 2.25. The molecule has 7 heteroatoms. The van der Waals surface area contributed by atoms with Gasteiger partial charge in [0.05, 0.1) is 11.1 Å². The van der Waals surface area contributed by atoms with Crippen LogP contribution in [0, 0.1) is 27.4 Å². The molecule has 7 nitrogen and oxygen atoms in total. The molecule has 0 saturated carbocycles. The van der Waals surface area contributed by atoms with Gasteiger partial charge in [-0.25, -0.2) is 0 Å². The zero-order valence-electron chi connectivity index (χ0n) is 12.8. The second kappa shape index (κ2) is 6.08. The molecule has 1 fully saturated rings. The first-order valence-electron chi connectivity index (χ1n) is 7.48. The van der Waals surface area contributed by atoms with Gasteiger partial charge in [-0.15, -0.1) is 0 Å². The molecule has 0 spiro atoms. The summed E-state index contributed by atoms with van der Waals surface area (Å²) in [6, 6.07) is 6.68. The number of aryl methyl sites for hydroxylation is 1. The Hall–Kier alpha value is -2.88. The molecule has 2 aromatic rings. The molecule has 1 aromatic heterocycles. The standard InChI is InChI=1S/C16H17N5O2/c1-19-10-13(9-18-19)6-12-4-5-20(11-12)15-2-3-16(21(22)23)14(7-15)8-17/h2-3,7,9-10,12H,4-6,11H2,1H3/t12-/m1/s1. The highest BCUT2D eigenvalue weighted by Crippen LogP contribution is 2.29. The molecule has 0 N–H and O–H groups in total. The van der Waals surface area contributed by atoms with Crippen molar-refractivity contribution in [2.24, 2.45) is 13.0 Å². The van der Waals surface area contributed by atoms with E-state index in [4.69, 9.17) is 5.26 Å². The Bertz CT molecular complexity index is 777. The molecule has 1 atom stereocenters. The predicted molar refractivity (Wildman–Crippen MR) is 85.0 cm³/mol. The summed E-state index contributed by atoms with van der Waals surface area (Å²) in [4.78, 5) is 12.6. The van der Waals surface area contributed by atoms with Crippen LogP contribution < -0.4 is 4.90 Å². The van der Waals surface area contributed by atoms with Crippen LogP contribution in [-0.4, -0.2) is 27.8 Å². The van der Waals surface area contributed by atoms with E-state index in [2.05, 4.69) is 10.00 Å². The van der Waals surface area contributed by atoms with Gasteiger partial charge in [0, 0.05) is 38.1 Å². The van der Waals surface area contributed by atoms with Crippen LogP contribution in [0.1, 0.15) is 17.5 Å². The molecule has 0 aliphatic carbocycles. The molecular weight excluding hydrogens is 294 g/mol. The third-order valence-electron chi connectivity index (χ3n) is 4.23. The van der Waals surface area contributed by atoms with E-state index in [0.29, 0.717) is 5.92 Å². The predicted octanol–water partition coefficient (Wildman–Crippen LogP) is 2.27. The summed E-state index contributed by atoms with van der Waals surface area (Å²) in [6.07, 6.45) is 5.96. The van der Waals surface area contributed by atoms with Gasteiger partial charge in [0.2, 0.25) is 0 Å². The van der Waals surface area contributed by atoms with Crippen LogP contribution in [0.2, 0.25) is 0 Å². The molecule has 1 aromatic carbocycles. The fourth-order valence-corrected chi connectivity index (χ4v) is 3.11. The van der Waals surface area contributed by atoms with Gasteiger partial charge >= 0.3 is 0 Å². The van der Waals surface area contributed by atoms with Crippen molar-refractivity contribution in [3.63, 3.8) is 0 Å². The smallest absolute Gasteiger partial charge is 0.287 e. The highest BCUT2D eigenvalue weighted by atomic mass is 16.6. The zero-order valence-corrected chi connectivity index (χ0v) is 12.8. The molecule has 118 valence electrons. The third kappa shape index (κ3) is 3.16. The Morgan fingerprint density at radius 2 is 2.35 bits per heavy atom. The van der Waals surface area contributed by atoms with Gasteiger partial charge in [0.1, 0.15) is 11.6 Å². The Balaban J connectivity index is 1.71. The Morgan fingerprint density at radius 1 is 1.52 bits per heavy atom. The molecule has 0 radical (unpaired) electrons. The summed E-state index contributed by atoms with van der Waals surface area (Å²) < 4.78 is 1.80. The molecule has 1 saturated heterocycles. The molecule has 0 amide bonds. The lowest BCUT2D eigenvalue weighted by atomic mass is 10.0. The van der Waals surface area contributed by atoms with E-state index in [0.717, 1.165) is 31.6 Å². The first kappa shape index (κ1) is 15.0. The Labute approximate surface area is 133 Å². The van der Waals surface area contributed by atoms with E-state index >= 15 is 0 Å². The molecule has 1 aliphatic rings. The quantitative estimate of drug-likeness (QED) is 0.638. The van der Waals surface area contributed by atoms with Crippen LogP contribution >= 0.6 is 0 Å². The molecular formula is C16H17N5O2. The maximum atomic E-state index is 10.9. The van der Waals surface area contributed by atoms with Crippen molar-refractivity contribution in [2.75, 3.05) is 18.0 Å². The van der Waals surface area contributed by atoms with Gasteiger partial charge in [0.15, 0.2) is 0 Å². The van der Waals surface area contributed by atoms with Crippen molar-refractivity contribution in [2.45, 2.75) is 12.8 Å². The summed E-state index contributed by atoms with van der Waals surface area (Å²) in [5, 5.41) is 24.2. The number of nitrogens with zero attached hydrogens (tertiary/aromatic N) is 5. The fraction of sp³-hybridized carbons (Fsp3) is 0.375. The Morgan fingerprint density at radius 3 is 3.00 bits per heavy atom. The summed E-state index contributed by atoms with van der Waals surface area (Å²) in [5.41, 5.74) is 2.08. The first-order valence-corrected chi connectivity index (χ1v) is 7.48. The van der Waals surface area contributed by atoms with Gasteiger partial charge in [-0.1, -0.05) is 0 Å². The number of anilines is 1. The van der Waals surface area contributed by atoms with Crippen LogP contribution in [-0.2, 0) is 13.5 Å². The van der Waals surface area contributed by atoms with Gasteiger partial charge in [0.25, 0.3) is 5.69 Å². The summed E-state index contributed by atoms with van der Waals surface area (Å²) in [5.74, 6) is 0.528. The summed E-state index contributed by atoms with van der Waals surface area (Å²) in [7, 11) is 1.91. The molecule has 2 heterocycles. The number of rotatable bonds is 4. The van der Waals surface area contributed by atoms with E-state index < -0.39 is 4.92 Å². The lowest BCUT2D eigenvalue weighted by molar-refractivity contribution is -0.385. The maximum absolute atomic E-state index is 10.9. The minimum atomic E-state index is -0.516. The number of nitro groups is 1. The van der Waals surface area contributed by atoms with Crippen LogP contribution in [0.4, 0.5) is 11.4 Å². The second-order valence-electron chi connectivity index (χ2n) is 5.90. The molecule has 3 rings (SSSR count). The van der Waals surface area contributed by atoms with Crippen LogP contribution in [0.15, 0.2) is 30.6 Å². The lowest BCUT2D eigenvalue weighted by Crippen LogP contribution is -2.20. The number of benzene rings is 1. The van der Waals surface area contributed by atoms with E-state index in [1.165, 1.54) is 11.6 Å². The number of aromatic nitrogens is 2. The van der Waals surface area contributed by atoms with Gasteiger partial charge in [-0.2, -0.15) is 10.4 Å². The van der Waals surface area contributed by atoms with Gasteiger partial charge < -0.3 is 4.90 Å². The van der Waals surface area contributed by atoms with Crippen molar-refractivity contribution in [1.82, 2.24) is 9.78 Å². The topological polar surface area (TPSA) is 88.0 Å². The molecule has 0 bridgehead atoms.